The lowest BCUT2D eigenvalue weighted by Gasteiger charge is -2.40. The highest BCUT2D eigenvalue weighted by Crippen LogP contribution is 2.21. The highest BCUT2D eigenvalue weighted by Gasteiger charge is 2.29. The van der Waals surface area contributed by atoms with Crippen LogP contribution < -0.4 is 0 Å². The maximum Gasteiger partial charge on any atom is 0.0706 e. The molecule has 2 aliphatic rings. The highest BCUT2D eigenvalue weighted by molar-refractivity contribution is 4.80. The van der Waals surface area contributed by atoms with E-state index in [1.54, 1.807) is 0 Å². The molecule has 0 aliphatic carbocycles. The van der Waals surface area contributed by atoms with Crippen molar-refractivity contribution in [3.63, 3.8) is 0 Å². The minimum Gasteiger partial charge on any atom is -0.376 e. The quantitative estimate of drug-likeness (QED) is 0.229. The summed E-state index contributed by atoms with van der Waals surface area (Å²) in [5, 5.41) is 0. The summed E-state index contributed by atoms with van der Waals surface area (Å²) in [7, 11) is 0. The Morgan fingerprint density at radius 1 is 0.647 bits per heavy atom. The SMILES string of the molecule is CCCCC1CN(CCOC(C)CN2CC(CCCC)OC(CCCC)C2)CC(CCCC)O1. The summed E-state index contributed by atoms with van der Waals surface area (Å²) in [5.74, 6) is 0. The minimum atomic E-state index is 0.268. The van der Waals surface area contributed by atoms with E-state index >= 15 is 0 Å². The van der Waals surface area contributed by atoms with Gasteiger partial charge in [-0.15, -0.1) is 0 Å². The Hall–Kier alpha value is -0.200. The molecule has 5 nitrogen and oxygen atoms in total. The van der Waals surface area contributed by atoms with Crippen LogP contribution in [0.1, 0.15) is 112 Å². The standard InChI is InChI=1S/C29H58N2O3/c1-6-10-14-26-21-30(22-27(33-26)15-11-7-2)18-19-32-25(5)20-31-23-28(16-12-8-3)34-29(24-31)17-13-9-4/h25-29H,6-24H2,1-5H3. The van der Waals surface area contributed by atoms with Gasteiger partial charge in [-0.1, -0.05) is 79.1 Å². The molecule has 0 radical (unpaired) electrons. The van der Waals surface area contributed by atoms with Crippen molar-refractivity contribution < 1.29 is 14.2 Å². The van der Waals surface area contributed by atoms with Crippen LogP contribution >= 0.6 is 0 Å². The molecule has 5 heteroatoms. The molecular formula is C29H58N2O3. The van der Waals surface area contributed by atoms with Crippen molar-refractivity contribution in [1.29, 1.82) is 0 Å². The van der Waals surface area contributed by atoms with E-state index in [1.165, 1.54) is 77.0 Å². The first-order valence-electron chi connectivity index (χ1n) is 14.9. The van der Waals surface area contributed by atoms with Gasteiger partial charge in [-0.2, -0.15) is 0 Å². The van der Waals surface area contributed by atoms with Crippen LogP contribution in [0.15, 0.2) is 0 Å². The number of morpholine rings is 2. The molecule has 34 heavy (non-hydrogen) atoms. The van der Waals surface area contributed by atoms with Crippen LogP contribution in [-0.4, -0.2) is 86.2 Å². The molecule has 0 aromatic heterocycles. The fourth-order valence-electron chi connectivity index (χ4n) is 5.51. The third-order valence-corrected chi connectivity index (χ3v) is 7.46. The molecule has 0 aromatic rings. The third kappa shape index (κ3) is 12.2. The zero-order valence-corrected chi connectivity index (χ0v) is 23.4. The predicted molar refractivity (Wildman–Crippen MR) is 144 cm³/mol. The lowest BCUT2D eigenvalue weighted by atomic mass is 10.1. The molecule has 5 atom stereocenters. The molecule has 0 saturated carbocycles. The first-order chi connectivity index (χ1) is 16.6. The average Bonchev–Trinajstić information content (AvgIpc) is 2.83. The van der Waals surface area contributed by atoms with Gasteiger partial charge in [-0.3, -0.25) is 9.80 Å². The van der Waals surface area contributed by atoms with Crippen molar-refractivity contribution in [2.45, 2.75) is 142 Å². The molecule has 0 aromatic carbocycles. The van der Waals surface area contributed by atoms with Crippen molar-refractivity contribution in [2.24, 2.45) is 0 Å². The number of ether oxygens (including phenoxy) is 3. The predicted octanol–water partition coefficient (Wildman–Crippen LogP) is 6.29. The van der Waals surface area contributed by atoms with Gasteiger partial charge >= 0.3 is 0 Å². The molecule has 202 valence electrons. The van der Waals surface area contributed by atoms with Crippen LogP contribution in [0.25, 0.3) is 0 Å². The average molecular weight is 483 g/mol. The molecule has 2 aliphatic heterocycles. The Morgan fingerprint density at radius 2 is 1.03 bits per heavy atom. The van der Waals surface area contributed by atoms with E-state index in [2.05, 4.69) is 44.4 Å². The topological polar surface area (TPSA) is 34.2 Å². The van der Waals surface area contributed by atoms with Crippen LogP contribution in [0.4, 0.5) is 0 Å². The molecule has 2 saturated heterocycles. The number of rotatable bonds is 18. The summed E-state index contributed by atoms with van der Waals surface area (Å²) in [6, 6.07) is 0. The van der Waals surface area contributed by atoms with Gasteiger partial charge in [0.05, 0.1) is 37.1 Å². The summed E-state index contributed by atoms with van der Waals surface area (Å²) < 4.78 is 19.2. The maximum atomic E-state index is 6.44. The Bertz CT molecular complexity index is 460. The second-order valence-corrected chi connectivity index (χ2v) is 11.0. The van der Waals surface area contributed by atoms with Gasteiger partial charge in [0, 0.05) is 39.3 Å². The largest absolute Gasteiger partial charge is 0.376 e. The fourth-order valence-corrected chi connectivity index (χ4v) is 5.51. The van der Waals surface area contributed by atoms with Crippen LogP contribution in [0.5, 0.6) is 0 Å². The fraction of sp³-hybridized carbons (Fsp3) is 1.00. The van der Waals surface area contributed by atoms with E-state index < -0.39 is 0 Å². The molecule has 0 amide bonds. The molecule has 5 unspecified atom stereocenters. The lowest BCUT2D eigenvalue weighted by Crippen LogP contribution is -2.50. The minimum absolute atomic E-state index is 0.268. The monoisotopic (exact) mass is 482 g/mol. The van der Waals surface area contributed by atoms with Crippen molar-refractivity contribution in [2.75, 3.05) is 45.9 Å². The van der Waals surface area contributed by atoms with E-state index in [0.29, 0.717) is 24.4 Å². The van der Waals surface area contributed by atoms with Gasteiger partial charge in [-0.25, -0.2) is 0 Å². The summed E-state index contributed by atoms with van der Waals surface area (Å²) in [4.78, 5) is 5.22. The Morgan fingerprint density at radius 3 is 1.41 bits per heavy atom. The van der Waals surface area contributed by atoms with Crippen LogP contribution in [0.3, 0.4) is 0 Å². The summed E-state index contributed by atoms with van der Waals surface area (Å²) in [5.41, 5.74) is 0. The van der Waals surface area contributed by atoms with Crippen LogP contribution in [-0.2, 0) is 14.2 Å². The van der Waals surface area contributed by atoms with Gasteiger partial charge in [0.25, 0.3) is 0 Å². The van der Waals surface area contributed by atoms with E-state index in [4.69, 9.17) is 14.2 Å². The van der Waals surface area contributed by atoms with Gasteiger partial charge in [0.1, 0.15) is 0 Å². The van der Waals surface area contributed by atoms with Gasteiger partial charge in [0.15, 0.2) is 0 Å². The normalized spacial score (nSPS) is 27.8. The maximum absolute atomic E-state index is 6.44. The van der Waals surface area contributed by atoms with E-state index in [1.807, 2.05) is 0 Å². The molecule has 0 bridgehead atoms. The second-order valence-electron chi connectivity index (χ2n) is 11.0. The molecule has 0 spiro atoms. The molecule has 0 N–H and O–H groups in total. The summed E-state index contributed by atoms with van der Waals surface area (Å²) in [6.07, 6.45) is 16.7. The van der Waals surface area contributed by atoms with E-state index in [0.717, 1.165) is 45.9 Å². The van der Waals surface area contributed by atoms with Crippen LogP contribution in [0.2, 0.25) is 0 Å². The number of unbranched alkanes of at least 4 members (excludes halogenated alkanes) is 4. The number of hydrogen-bond acceptors (Lipinski definition) is 5. The van der Waals surface area contributed by atoms with Gasteiger partial charge in [0.2, 0.25) is 0 Å². The van der Waals surface area contributed by atoms with Crippen molar-refractivity contribution >= 4 is 0 Å². The summed E-state index contributed by atoms with van der Waals surface area (Å²) in [6.45, 7) is 18.5. The molecule has 2 heterocycles. The molecular weight excluding hydrogens is 424 g/mol. The van der Waals surface area contributed by atoms with Crippen molar-refractivity contribution in [3.8, 4) is 0 Å². The Kier molecular flexibility index (Phi) is 16.0. The number of hydrogen-bond donors (Lipinski definition) is 0. The Balaban J connectivity index is 1.75. The molecule has 2 rings (SSSR count). The zero-order chi connectivity index (χ0) is 24.6. The first-order valence-corrected chi connectivity index (χ1v) is 14.9. The number of nitrogens with zero attached hydrogens (tertiary/aromatic N) is 2. The lowest BCUT2D eigenvalue weighted by molar-refractivity contribution is -0.107. The third-order valence-electron chi connectivity index (χ3n) is 7.46. The van der Waals surface area contributed by atoms with Crippen LogP contribution in [0, 0.1) is 0 Å². The van der Waals surface area contributed by atoms with E-state index in [-0.39, 0.29) is 6.10 Å². The van der Waals surface area contributed by atoms with Gasteiger partial charge in [-0.05, 0) is 32.6 Å². The smallest absolute Gasteiger partial charge is 0.0706 e. The Labute approximate surface area is 212 Å². The van der Waals surface area contributed by atoms with Gasteiger partial charge < -0.3 is 14.2 Å². The van der Waals surface area contributed by atoms with Crippen molar-refractivity contribution in [1.82, 2.24) is 9.80 Å². The highest BCUT2D eigenvalue weighted by atomic mass is 16.5. The summed E-state index contributed by atoms with van der Waals surface area (Å²) >= 11 is 0. The molecule has 2 fully saturated rings. The zero-order valence-electron chi connectivity index (χ0n) is 23.4. The second kappa shape index (κ2) is 18.1. The van der Waals surface area contributed by atoms with Crippen molar-refractivity contribution in [3.05, 3.63) is 0 Å². The first kappa shape index (κ1) is 30.0. The van der Waals surface area contributed by atoms with E-state index in [9.17, 15) is 0 Å².